The lowest BCUT2D eigenvalue weighted by Crippen LogP contribution is -2.47. The maximum atomic E-state index is 13.0. The summed E-state index contributed by atoms with van der Waals surface area (Å²) in [5.74, 6) is 0.484. The summed E-state index contributed by atoms with van der Waals surface area (Å²) in [7, 11) is 0. The molecule has 27 heavy (non-hydrogen) atoms. The third-order valence-electron chi connectivity index (χ3n) is 6.25. The average molecular weight is 382 g/mol. The number of pyridine rings is 1. The van der Waals surface area contributed by atoms with Gasteiger partial charge in [-0.05, 0) is 68.2 Å². The number of hydrogen-bond donors (Lipinski definition) is 1. The lowest BCUT2D eigenvalue weighted by atomic mass is 9.99. The zero-order chi connectivity index (χ0) is 18.4. The van der Waals surface area contributed by atoms with Crippen LogP contribution in [-0.2, 0) is 12.8 Å². The molecule has 1 saturated carbocycles. The number of carbonyl (C=O) groups excluding carboxylic acids is 2. The van der Waals surface area contributed by atoms with Gasteiger partial charge in [0.15, 0.2) is 0 Å². The highest BCUT2D eigenvalue weighted by Crippen LogP contribution is 2.40. The molecule has 2 aliphatic carbocycles. The Kier molecular flexibility index (Phi) is 4.23. The summed E-state index contributed by atoms with van der Waals surface area (Å²) in [4.78, 5) is 33.8. The van der Waals surface area contributed by atoms with Gasteiger partial charge in [0.05, 0.1) is 10.4 Å². The summed E-state index contributed by atoms with van der Waals surface area (Å²) >= 11 is 1.70. The number of fused-ring (bicyclic) bond motifs is 3. The number of piperidine rings is 1. The van der Waals surface area contributed by atoms with Crippen LogP contribution in [0.2, 0.25) is 0 Å². The summed E-state index contributed by atoms with van der Waals surface area (Å²) in [6, 6.07) is 6.10. The molecule has 140 valence electrons. The third-order valence-corrected chi connectivity index (χ3v) is 7.48. The largest absolute Gasteiger partial charge is 0.349 e. The molecule has 2 amide bonds. The van der Waals surface area contributed by atoms with Gasteiger partial charge < -0.3 is 10.2 Å². The lowest BCUT2D eigenvalue weighted by molar-refractivity contribution is 0.0684. The third kappa shape index (κ3) is 3.06. The number of aryl methyl sites for hydroxylation is 2. The lowest BCUT2D eigenvalue weighted by Gasteiger charge is -2.31. The van der Waals surface area contributed by atoms with Crippen molar-refractivity contribution in [1.29, 1.82) is 0 Å². The topological polar surface area (TPSA) is 62.3 Å². The second-order valence-electron chi connectivity index (χ2n) is 7.93. The smallest absolute Gasteiger partial charge is 0.264 e. The Morgan fingerprint density at radius 1 is 1.22 bits per heavy atom. The Balaban J connectivity index is 1.24. The number of nitrogens with one attached hydrogen (secondary N) is 1. The van der Waals surface area contributed by atoms with E-state index in [1.54, 1.807) is 35.9 Å². The molecule has 0 radical (unpaired) electrons. The van der Waals surface area contributed by atoms with E-state index in [4.69, 9.17) is 0 Å². The Bertz CT molecular complexity index is 855. The minimum absolute atomic E-state index is 0.0653. The van der Waals surface area contributed by atoms with Crippen molar-refractivity contribution in [1.82, 2.24) is 15.2 Å². The zero-order valence-electron chi connectivity index (χ0n) is 15.2. The molecule has 3 heterocycles. The van der Waals surface area contributed by atoms with Gasteiger partial charge in [-0.2, -0.15) is 0 Å². The van der Waals surface area contributed by atoms with Gasteiger partial charge in [-0.1, -0.05) is 0 Å². The summed E-state index contributed by atoms with van der Waals surface area (Å²) in [5, 5.41) is 3.15. The van der Waals surface area contributed by atoms with E-state index in [-0.39, 0.29) is 23.9 Å². The van der Waals surface area contributed by atoms with E-state index in [0.29, 0.717) is 11.5 Å². The molecule has 3 unspecified atom stereocenters. The van der Waals surface area contributed by atoms with Gasteiger partial charge >= 0.3 is 0 Å². The maximum absolute atomic E-state index is 13.0. The summed E-state index contributed by atoms with van der Waals surface area (Å²) < 4.78 is 0. The molecule has 1 aliphatic heterocycles. The monoisotopic (exact) mass is 381 g/mol. The molecule has 2 fully saturated rings. The Hall–Kier alpha value is -2.21. The highest BCUT2D eigenvalue weighted by atomic mass is 32.1. The predicted molar refractivity (Wildman–Crippen MR) is 104 cm³/mol. The average Bonchev–Trinajstić information content (AvgIpc) is 3.41. The van der Waals surface area contributed by atoms with Crippen LogP contribution in [0.4, 0.5) is 0 Å². The number of thiophene rings is 1. The van der Waals surface area contributed by atoms with Crippen LogP contribution in [-0.4, -0.2) is 40.3 Å². The van der Waals surface area contributed by atoms with Gasteiger partial charge in [0.25, 0.3) is 11.8 Å². The van der Waals surface area contributed by atoms with Crippen molar-refractivity contribution in [3.05, 3.63) is 51.5 Å². The van der Waals surface area contributed by atoms with Crippen molar-refractivity contribution in [3.8, 4) is 0 Å². The quantitative estimate of drug-likeness (QED) is 0.889. The number of rotatable bonds is 3. The molecule has 5 nitrogen and oxygen atoms in total. The number of nitrogens with zero attached hydrogens (tertiary/aromatic N) is 2. The number of carbonyl (C=O) groups is 2. The Morgan fingerprint density at radius 3 is 2.85 bits per heavy atom. The predicted octanol–water partition coefficient (Wildman–Crippen LogP) is 3.05. The minimum Gasteiger partial charge on any atom is -0.349 e. The van der Waals surface area contributed by atoms with E-state index in [1.807, 2.05) is 0 Å². The molecular formula is C21H23N3O2S. The molecule has 2 bridgehead atoms. The van der Waals surface area contributed by atoms with E-state index in [9.17, 15) is 9.59 Å². The van der Waals surface area contributed by atoms with Crippen molar-refractivity contribution < 1.29 is 9.59 Å². The first-order valence-electron chi connectivity index (χ1n) is 9.82. The van der Waals surface area contributed by atoms with Crippen LogP contribution in [0.25, 0.3) is 0 Å². The summed E-state index contributed by atoms with van der Waals surface area (Å²) in [6.07, 6.45) is 9.84. The fourth-order valence-electron chi connectivity index (χ4n) is 4.87. The Labute approximate surface area is 162 Å². The summed E-state index contributed by atoms with van der Waals surface area (Å²) in [6.45, 7) is 0.754. The van der Waals surface area contributed by atoms with E-state index in [0.717, 1.165) is 37.1 Å². The van der Waals surface area contributed by atoms with Crippen LogP contribution in [0.1, 0.15) is 56.2 Å². The molecule has 6 heteroatoms. The normalized spacial score (nSPS) is 26.1. The summed E-state index contributed by atoms with van der Waals surface area (Å²) in [5.41, 5.74) is 1.98. The molecule has 1 saturated heterocycles. The van der Waals surface area contributed by atoms with Gasteiger partial charge in [0, 0.05) is 35.9 Å². The van der Waals surface area contributed by atoms with Crippen LogP contribution >= 0.6 is 11.3 Å². The van der Waals surface area contributed by atoms with Crippen LogP contribution < -0.4 is 5.32 Å². The van der Waals surface area contributed by atoms with E-state index in [2.05, 4.69) is 21.3 Å². The van der Waals surface area contributed by atoms with Gasteiger partial charge in [-0.25, -0.2) is 0 Å². The molecule has 5 rings (SSSR count). The molecule has 0 aromatic carbocycles. The SMILES string of the molecule is O=C(NC1CC2CC1CN2C(=O)c1cc2c(s1)CCCC2)c1cccnc1. The van der Waals surface area contributed by atoms with Crippen LogP contribution in [0, 0.1) is 5.92 Å². The molecule has 2 aromatic heterocycles. The fourth-order valence-corrected chi connectivity index (χ4v) is 6.08. The van der Waals surface area contributed by atoms with Gasteiger partial charge in [-0.3, -0.25) is 14.6 Å². The van der Waals surface area contributed by atoms with E-state index < -0.39 is 0 Å². The molecule has 3 atom stereocenters. The van der Waals surface area contributed by atoms with Crippen molar-refractivity contribution in [2.24, 2.45) is 5.92 Å². The van der Waals surface area contributed by atoms with Crippen LogP contribution in [0.3, 0.4) is 0 Å². The minimum atomic E-state index is -0.0653. The maximum Gasteiger partial charge on any atom is 0.264 e. The van der Waals surface area contributed by atoms with Gasteiger partial charge in [0.2, 0.25) is 0 Å². The molecule has 0 spiro atoms. The standard InChI is InChI=1S/C21H23N3O2S/c25-20(14-5-3-7-22-11-14)23-17-10-16-8-15(17)12-24(16)21(26)19-9-13-4-1-2-6-18(13)27-19/h3,5,7,9,11,15-17H,1-2,4,6,8,10,12H2,(H,23,25). The zero-order valence-corrected chi connectivity index (χ0v) is 16.0. The molecule has 2 aromatic rings. The van der Waals surface area contributed by atoms with Gasteiger partial charge in [0.1, 0.15) is 0 Å². The van der Waals surface area contributed by atoms with Crippen molar-refractivity contribution in [3.63, 3.8) is 0 Å². The Morgan fingerprint density at radius 2 is 2.11 bits per heavy atom. The fraction of sp³-hybridized carbons (Fsp3) is 0.476. The molecular weight excluding hydrogens is 358 g/mol. The number of hydrogen-bond acceptors (Lipinski definition) is 4. The second-order valence-corrected chi connectivity index (χ2v) is 9.07. The van der Waals surface area contributed by atoms with Crippen molar-refractivity contribution in [2.75, 3.05) is 6.54 Å². The van der Waals surface area contributed by atoms with Crippen LogP contribution in [0.15, 0.2) is 30.6 Å². The molecule has 1 N–H and O–H groups in total. The van der Waals surface area contributed by atoms with Crippen molar-refractivity contribution in [2.45, 2.75) is 50.6 Å². The first-order chi connectivity index (χ1) is 13.2. The molecule has 3 aliphatic rings. The van der Waals surface area contributed by atoms with Crippen LogP contribution in [0.5, 0.6) is 0 Å². The van der Waals surface area contributed by atoms with E-state index >= 15 is 0 Å². The highest BCUT2D eigenvalue weighted by molar-refractivity contribution is 7.14. The number of amides is 2. The van der Waals surface area contributed by atoms with Crippen molar-refractivity contribution >= 4 is 23.2 Å². The highest BCUT2D eigenvalue weighted by Gasteiger charge is 2.47. The number of aromatic nitrogens is 1. The first kappa shape index (κ1) is 16.9. The van der Waals surface area contributed by atoms with Gasteiger partial charge in [-0.15, -0.1) is 11.3 Å². The van der Waals surface area contributed by atoms with E-state index in [1.165, 1.54) is 23.3 Å². The number of likely N-dealkylation sites (tertiary alicyclic amines) is 1. The second kappa shape index (κ2) is 6.75. The first-order valence-corrected chi connectivity index (χ1v) is 10.6.